The van der Waals surface area contributed by atoms with Gasteiger partial charge in [0.05, 0.1) is 12.4 Å². The van der Waals surface area contributed by atoms with Gasteiger partial charge in [0.2, 0.25) is 0 Å². The Kier molecular flexibility index (Phi) is 5.14. The number of amides is 2. The van der Waals surface area contributed by atoms with Crippen LogP contribution < -0.4 is 10.6 Å². The summed E-state index contributed by atoms with van der Waals surface area (Å²) in [6.45, 7) is 0. The van der Waals surface area contributed by atoms with E-state index in [1.54, 1.807) is 0 Å². The van der Waals surface area contributed by atoms with E-state index in [-0.39, 0.29) is 18.8 Å². The molecule has 0 bridgehead atoms. The van der Waals surface area contributed by atoms with Crippen molar-refractivity contribution in [2.45, 2.75) is 18.9 Å². The van der Waals surface area contributed by atoms with Crippen LogP contribution in [0.5, 0.6) is 0 Å². The number of carboxylic acids is 2. The molecule has 0 fully saturated rings. The molecule has 0 radical (unpaired) electrons. The van der Waals surface area contributed by atoms with Crippen molar-refractivity contribution in [1.29, 1.82) is 0 Å². The maximum Gasteiger partial charge on any atom is 0.326 e. The molecule has 10 heteroatoms. The van der Waals surface area contributed by atoms with Gasteiger partial charge >= 0.3 is 18.0 Å². The molecule has 0 aromatic carbocycles. The monoisotopic (exact) mass is 269 g/mol. The first-order valence-electron chi connectivity index (χ1n) is 5.15. The molecule has 0 spiro atoms. The van der Waals surface area contributed by atoms with E-state index in [0.717, 1.165) is 0 Å². The van der Waals surface area contributed by atoms with Crippen molar-refractivity contribution in [2.75, 3.05) is 5.32 Å². The lowest BCUT2D eigenvalue weighted by Gasteiger charge is -2.13. The quantitative estimate of drug-likeness (QED) is 0.529. The number of nitrogens with one attached hydrogen (secondary N) is 2. The van der Waals surface area contributed by atoms with Gasteiger partial charge in [-0.3, -0.25) is 10.1 Å². The average Bonchev–Trinajstić information content (AvgIpc) is 2.35. The first-order valence-corrected chi connectivity index (χ1v) is 5.15. The van der Waals surface area contributed by atoms with Gasteiger partial charge in [-0.15, -0.1) is 5.10 Å². The van der Waals surface area contributed by atoms with Crippen molar-refractivity contribution < 1.29 is 24.6 Å². The number of aromatic nitrogens is 3. The predicted octanol–water partition coefficient (Wildman–Crippen LogP) is -0.689. The van der Waals surface area contributed by atoms with Crippen LogP contribution in [0.4, 0.5) is 10.7 Å². The van der Waals surface area contributed by atoms with Crippen LogP contribution in [0.1, 0.15) is 12.8 Å². The Labute approximate surface area is 106 Å². The molecule has 1 atom stereocenters. The van der Waals surface area contributed by atoms with Crippen LogP contribution in [0.25, 0.3) is 0 Å². The summed E-state index contributed by atoms with van der Waals surface area (Å²) in [5.74, 6) is -2.57. The standard InChI is InChI=1S/C9H11N5O5/c15-6(16)2-1-5(7(17)18)12-9(19)13-8-10-3-4-11-14-8/h3-5H,1-2H2,(H,15,16)(H,17,18)(H2,10,12,13,14,19). The van der Waals surface area contributed by atoms with Gasteiger partial charge in [0.1, 0.15) is 6.04 Å². The van der Waals surface area contributed by atoms with E-state index < -0.39 is 24.0 Å². The van der Waals surface area contributed by atoms with Crippen molar-refractivity contribution in [3.63, 3.8) is 0 Å². The number of nitrogens with zero attached hydrogens (tertiary/aromatic N) is 3. The molecule has 2 amide bonds. The molecule has 0 aliphatic heterocycles. The van der Waals surface area contributed by atoms with E-state index in [1.165, 1.54) is 12.4 Å². The number of rotatable bonds is 6. The Hall–Kier alpha value is -2.78. The van der Waals surface area contributed by atoms with Crippen LogP contribution in [-0.2, 0) is 9.59 Å². The highest BCUT2D eigenvalue weighted by Crippen LogP contribution is 1.99. The Balaban J connectivity index is 2.52. The Bertz CT molecular complexity index is 465. The van der Waals surface area contributed by atoms with Crippen LogP contribution in [0.15, 0.2) is 12.4 Å². The molecule has 19 heavy (non-hydrogen) atoms. The van der Waals surface area contributed by atoms with E-state index in [1.807, 2.05) is 0 Å². The molecule has 1 rings (SSSR count). The Morgan fingerprint density at radius 2 is 2.00 bits per heavy atom. The molecule has 4 N–H and O–H groups in total. The van der Waals surface area contributed by atoms with E-state index in [4.69, 9.17) is 10.2 Å². The van der Waals surface area contributed by atoms with Gasteiger partial charge in [-0.1, -0.05) is 0 Å². The van der Waals surface area contributed by atoms with Crippen molar-refractivity contribution in [3.05, 3.63) is 12.4 Å². The van der Waals surface area contributed by atoms with Crippen molar-refractivity contribution in [3.8, 4) is 0 Å². The zero-order chi connectivity index (χ0) is 14.3. The molecule has 102 valence electrons. The van der Waals surface area contributed by atoms with Crippen molar-refractivity contribution >= 4 is 23.9 Å². The Morgan fingerprint density at radius 3 is 2.53 bits per heavy atom. The second-order valence-electron chi connectivity index (χ2n) is 3.39. The summed E-state index contributed by atoms with van der Waals surface area (Å²) >= 11 is 0. The molecule has 0 aliphatic rings. The third kappa shape index (κ3) is 5.39. The molecular formula is C9H11N5O5. The summed E-state index contributed by atoms with van der Waals surface area (Å²) in [5.41, 5.74) is 0. The SMILES string of the molecule is O=C(O)CCC(NC(=O)Nc1nccnn1)C(=O)O. The predicted molar refractivity (Wildman–Crippen MR) is 60.3 cm³/mol. The van der Waals surface area contributed by atoms with E-state index in [2.05, 4.69) is 25.8 Å². The van der Waals surface area contributed by atoms with Crippen LogP contribution in [-0.4, -0.2) is 49.4 Å². The molecule has 0 aliphatic carbocycles. The summed E-state index contributed by atoms with van der Waals surface area (Å²) < 4.78 is 0. The number of anilines is 1. The Morgan fingerprint density at radius 1 is 1.26 bits per heavy atom. The maximum atomic E-state index is 11.4. The molecular weight excluding hydrogens is 258 g/mol. The van der Waals surface area contributed by atoms with E-state index in [9.17, 15) is 14.4 Å². The second-order valence-corrected chi connectivity index (χ2v) is 3.39. The average molecular weight is 269 g/mol. The largest absolute Gasteiger partial charge is 0.481 e. The van der Waals surface area contributed by atoms with Crippen molar-refractivity contribution in [1.82, 2.24) is 20.5 Å². The van der Waals surface area contributed by atoms with Gasteiger partial charge in [-0.05, 0) is 6.42 Å². The van der Waals surface area contributed by atoms with Gasteiger partial charge in [0.25, 0.3) is 5.95 Å². The first-order chi connectivity index (χ1) is 8.99. The summed E-state index contributed by atoms with van der Waals surface area (Å²) in [6, 6.07) is -2.17. The third-order valence-corrected chi connectivity index (χ3v) is 1.96. The fraction of sp³-hybridized carbons (Fsp3) is 0.333. The molecule has 10 nitrogen and oxygen atoms in total. The topological polar surface area (TPSA) is 154 Å². The highest BCUT2D eigenvalue weighted by Gasteiger charge is 2.21. The van der Waals surface area contributed by atoms with E-state index in [0.29, 0.717) is 0 Å². The minimum Gasteiger partial charge on any atom is -0.481 e. The van der Waals surface area contributed by atoms with Gasteiger partial charge in [-0.25, -0.2) is 14.6 Å². The minimum atomic E-state index is -1.33. The van der Waals surface area contributed by atoms with Crippen LogP contribution in [0.3, 0.4) is 0 Å². The number of hydrogen-bond donors (Lipinski definition) is 4. The van der Waals surface area contributed by atoms with Crippen LogP contribution in [0.2, 0.25) is 0 Å². The molecule has 1 aromatic heterocycles. The minimum absolute atomic E-state index is 0.0950. The lowest BCUT2D eigenvalue weighted by molar-refractivity contribution is -0.140. The summed E-state index contributed by atoms with van der Waals surface area (Å²) in [7, 11) is 0. The number of carbonyl (C=O) groups excluding carboxylic acids is 1. The van der Waals surface area contributed by atoms with Gasteiger partial charge in [0, 0.05) is 6.42 Å². The third-order valence-electron chi connectivity index (χ3n) is 1.96. The zero-order valence-electron chi connectivity index (χ0n) is 9.61. The molecule has 1 unspecified atom stereocenters. The van der Waals surface area contributed by atoms with Crippen molar-refractivity contribution in [2.24, 2.45) is 0 Å². The summed E-state index contributed by atoms with van der Waals surface area (Å²) in [6.07, 6.45) is 1.99. The van der Waals surface area contributed by atoms with Crippen LogP contribution >= 0.6 is 0 Å². The number of hydrogen-bond acceptors (Lipinski definition) is 6. The highest BCUT2D eigenvalue weighted by molar-refractivity contribution is 5.90. The fourth-order valence-electron chi connectivity index (χ4n) is 1.13. The lowest BCUT2D eigenvalue weighted by Crippen LogP contribution is -2.43. The number of carboxylic acid groups (broad SMARTS) is 2. The fourth-order valence-corrected chi connectivity index (χ4v) is 1.13. The summed E-state index contributed by atoms with van der Waals surface area (Å²) in [5, 5.41) is 28.5. The highest BCUT2D eigenvalue weighted by atomic mass is 16.4. The number of urea groups is 1. The molecule has 0 saturated carbocycles. The maximum absolute atomic E-state index is 11.4. The van der Waals surface area contributed by atoms with Gasteiger partial charge in [0.15, 0.2) is 0 Å². The first kappa shape index (κ1) is 14.3. The normalized spacial score (nSPS) is 11.4. The smallest absolute Gasteiger partial charge is 0.326 e. The number of aliphatic carboxylic acids is 2. The van der Waals surface area contributed by atoms with E-state index >= 15 is 0 Å². The van der Waals surface area contributed by atoms with Gasteiger partial charge in [-0.2, -0.15) is 5.10 Å². The summed E-state index contributed by atoms with van der Waals surface area (Å²) in [4.78, 5) is 36.3. The van der Waals surface area contributed by atoms with Crippen LogP contribution in [0, 0.1) is 0 Å². The molecule has 0 saturated heterocycles. The second kappa shape index (κ2) is 6.83. The van der Waals surface area contributed by atoms with Gasteiger partial charge < -0.3 is 15.5 Å². The zero-order valence-corrected chi connectivity index (χ0v) is 9.61. The molecule has 1 heterocycles. The number of carbonyl (C=O) groups is 3. The lowest BCUT2D eigenvalue weighted by atomic mass is 10.1. The molecule has 1 aromatic rings.